The minimum absolute atomic E-state index is 0.417. The van der Waals surface area contributed by atoms with E-state index in [1.165, 1.54) is 0 Å². The van der Waals surface area contributed by atoms with Gasteiger partial charge >= 0.3 is 0 Å². The molecule has 0 amide bonds. The first-order chi connectivity index (χ1) is 7.59. The zero-order valence-corrected chi connectivity index (χ0v) is 11.2. The van der Waals surface area contributed by atoms with E-state index in [0.717, 1.165) is 23.1 Å². The summed E-state index contributed by atoms with van der Waals surface area (Å²) in [6.45, 7) is 1.51. The lowest BCUT2D eigenvalue weighted by atomic mass is 9.88. The van der Waals surface area contributed by atoms with E-state index in [-0.39, 0.29) is 0 Å². The van der Waals surface area contributed by atoms with Gasteiger partial charge in [0.15, 0.2) is 0 Å². The molecule has 1 heterocycles. The van der Waals surface area contributed by atoms with Crippen LogP contribution in [-0.4, -0.2) is 18.8 Å². The molecule has 0 unspecified atom stereocenters. The van der Waals surface area contributed by atoms with E-state index in [1.54, 1.807) is 0 Å². The number of hydrogen-bond acceptors (Lipinski definition) is 1. The predicted octanol–water partition coefficient (Wildman–Crippen LogP) is 3.74. The summed E-state index contributed by atoms with van der Waals surface area (Å²) in [5.41, 5.74) is -0.197. The first-order valence-electron chi connectivity index (χ1n) is 5.43. The highest BCUT2D eigenvalue weighted by molar-refractivity contribution is 9.10. The highest BCUT2D eigenvalue weighted by Gasteiger charge is 2.32. The summed E-state index contributed by atoms with van der Waals surface area (Å²) in [7, 11) is 0. The van der Waals surface area contributed by atoms with Crippen LogP contribution in [0.15, 0.2) is 22.7 Å². The molecule has 1 nitrogen and oxygen atoms in total. The van der Waals surface area contributed by atoms with E-state index < -0.39 is 5.67 Å². The lowest BCUT2D eigenvalue weighted by Gasteiger charge is -2.30. The lowest BCUT2D eigenvalue weighted by Crippen LogP contribution is -2.40. The fraction of sp³-hybridized carbons (Fsp3) is 0.500. The molecule has 1 aromatic carbocycles. The van der Waals surface area contributed by atoms with Crippen molar-refractivity contribution < 1.29 is 4.39 Å². The number of alkyl halides is 1. The van der Waals surface area contributed by atoms with Gasteiger partial charge in [-0.1, -0.05) is 33.6 Å². The van der Waals surface area contributed by atoms with Crippen molar-refractivity contribution in [1.29, 1.82) is 0 Å². The van der Waals surface area contributed by atoms with Crippen LogP contribution in [0.1, 0.15) is 18.4 Å². The molecular weight excluding hydrogens is 292 g/mol. The molecular formula is C12H14BrClFN. The Bertz CT molecular complexity index is 377. The maximum absolute atomic E-state index is 14.4. The summed E-state index contributed by atoms with van der Waals surface area (Å²) in [5, 5.41) is 3.81. The maximum Gasteiger partial charge on any atom is 0.117 e. The maximum atomic E-state index is 14.4. The van der Waals surface area contributed by atoms with Gasteiger partial charge in [-0.05, 0) is 43.6 Å². The van der Waals surface area contributed by atoms with E-state index in [2.05, 4.69) is 21.2 Å². The van der Waals surface area contributed by atoms with Crippen LogP contribution in [0.25, 0.3) is 0 Å². The molecule has 88 valence electrons. The Morgan fingerprint density at radius 3 is 2.69 bits per heavy atom. The molecule has 4 heteroatoms. The highest BCUT2D eigenvalue weighted by atomic mass is 79.9. The van der Waals surface area contributed by atoms with Crippen LogP contribution in [0.4, 0.5) is 4.39 Å². The first kappa shape index (κ1) is 12.3. The molecule has 16 heavy (non-hydrogen) atoms. The highest BCUT2D eigenvalue weighted by Crippen LogP contribution is 2.31. The Balaban J connectivity index is 2.13. The summed E-state index contributed by atoms with van der Waals surface area (Å²) in [4.78, 5) is 0. The monoisotopic (exact) mass is 305 g/mol. The smallest absolute Gasteiger partial charge is 0.117 e. The Kier molecular flexibility index (Phi) is 3.88. The van der Waals surface area contributed by atoms with Crippen molar-refractivity contribution in [3.05, 3.63) is 33.3 Å². The van der Waals surface area contributed by atoms with Gasteiger partial charge in [0, 0.05) is 15.9 Å². The van der Waals surface area contributed by atoms with Crippen molar-refractivity contribution in [3.63, 3.8) is 0 Å². The van der Waals surface area contributed by atoms with E-state index >= 15 is 0 Å². The molecule has 1 aromatic rings. The minimum atomic E-state index is -1.09. The van der Waals surface area contributed by atoms with Crippen LogP contribution >= 0.6 is 27.5 Å². The zero-order valence-electron chi connectivity index (χ0n) is 8.90. The molecule has 1 aliphatic rings. The van der Waals surface area contributed by atoms with Crippen molar-refractivity contribution in [2.45, 2.75) is 24.9 Å². The fourth-order valence-electron chi connectivity index (χ4n) is 2.06. The van der Waals surface area contributed by atoms with Crippen molar-refractivity contribution in [2.24, 2.45) is 0 Å². The summed E-state index contributed by atoms with van der Waals surface area (Å²) in [6.07, 6.45) is 1.56. The van der Waals surface area contributed by atoms with Crippen LogP contribution in [0.5, 0.6) is 0 Å². The van der Waals surface area contributed by atoms with E-state index in [4.69, 9.17) is 11.6 Å². The molecule has 1 N–H and O–H groups in total. The predicted molar refractivity (Wildman–Crippen MR) is 68.8 cm³/mol. The van der Waals surface area contributed by atoms with Crippen LogP contribution < -0.4 is 5.32 Å². The largest absolute Gasteiger partial charge is 0.316 e. The van der Waals surface area contributed by atoms with Gasteiger partial charge in [0.2, 0.25) is 0 Å². The minimum Gasteiger partial charge on any atom is -0.316 e. The molecule has 0 spiro atoms. The molecule has 0 bridgehead atoms. The van der Waals surface area contributed by atoms with Gasteiger partial charge in [-0.3, -0.25) is 0 Å². The third kappa shape index (κ3) is 2.96. The average molecular weight is 307 g/mol. The van der Waals surface area contributed by atoms with Crippen LogP contribution in [0.2, 0.25) is 5.02 Å². The summed E-state index contributed by atoms with van der Waals surface area (Å²) in [6, 6.07) is 5.63. The van der Waals surface area contributed by atoms with Gasteiger partial charge in [0.25, 0.3) is 0 Å². The fourth-order valence-corrected chi connectivity index (χ4v) is 2.80. The average Bonchev–Trinajstić information content (AvgIpc) is 2.23. The third-order valence-corrected chi connectivity index (χ3v) is 3.87. The number of piperidine rings is 1. The Hall–Kier alpha value is -0.120. The number of benzene rings is 1. The van der Waals surface area contributed by atoms with Crippen molar-refractivity contribution in [3.8, 4) is 0 Å². The Morgan fingerprint density at radius 2 is 2.06 bits per heavy atom. The van der Waals surface area contributed by atoms with Gasteiger partial charge in [0.1, 0.15) is 5.67 Å². The summed E-state index contributed by atoms with van der Waals surface area (Å²) < 4.78 is 15.4. The van der Waals surface area contributed by atoms with E-state index in [9.17, 15) is 4.39 Å². The van der Waals surface area contributed by atoms with E-state index in [0.29, 0.717) is 24.3 Å². The second-order valence-electron chi connectivity index (χ2n) is 4.31. The SMILES string of the molecule is FC1(Cc2ccc(Br)cc2Cl)CCNCC1. The second-order valence-corrected chi connectivity index (χ2v) is 5.64. The van der Waals surface area contributed by atoms with E-state index in [1.807, 2.05) is 18.2 Å². The standard InChI is InChI=1S/C12H14BrClFN/c13-10-2-1-9(11(14)7-10)8-12(15)3-5-16-6-4-12/h1-2,7,16H,3-6,8H2. The van der Waals surface area contributed by atoms with Crippen molar-refractivity contribution in [2.75, 3.05) is 13.1 Å². The van der Waals surface area contributed by atoms with Crippen molar-refractivity contribution in [1.82, 2.24) is 5.32 Å². The molecule has 0 saturated carbocycles. The quantitative estimate of drug-likeness (QED) is 0.878. The lowest BCUT2D eigenvalue weighted by molar-refractivity contribution is 0.116. The Morgan fingerprint density at radius 1 is 1.38 bits per heavy atom. The van der Waals surface area contributed by atoms with Gasteiger partial charge < -0.3 is 5.32 Å². The molecule has 1 fully saturated rings. The van der Waals surface area contributed by atoms with Gasteiger partial charge in [-0.25, -0.2) is 4.39 Å². The van der Waals surface area contributed by atoms with Gasteiger partial charge in [-0.15, -0.1) is 0 Å². The molecule has 0 radical (unpaired) electrons. The van der Waals surface area contributed by atoms with Crippen molar-refractivity contribution >= 4 is 27.5 Å². The molecule has 1 saturated heterocycles. The topological polar surface area (TPSA) is 12.0 Å². The first-order valence-corrected chi connectivity index (χ1v) is 6.60. The summed E-state index contributed by atoms with van der Waals surface area (Å²) >= 11 is 9.45. The number of rotatable bonds is 2. The van der Waals surface area contributed by atoms with Crippen LogP contribution in [-0.2, 0) is 6.42 Å². The molecule has 1 aliphatic heterocycles. The zero-order chi connectivity index (χ0) is 11.6. The molecule has 2 rings (SSSR count). The normalized spacial score (nSPS) is 19.7. The van der Waals surface area contributed by atoms with Gasteiger partial charge in [-0.2, -0.15) is 0 Å². The Labute approximate surface area is 109 Å². The molecule has 0 aromatic heterocycles. The van der Waals surface area contributed by atoms with Gasteiger partial charge in [0.05, 0.1) is 0 Å². The third-order valence-electron chi connectivity index (χ3n) is 3.02. The number of nitrogens with one attached hydrogen (secondary N) is 1. The summed E-state index contributed by atoms with van der Waals surface area (Å²) in [5.74, 6) is 0. The number of hydrogen-bond donors (Lipinski definition) is 1. The van der Waals surface area contributed by atoms with Crippen LogP contribution in [0.3, 0.4) is 0 Å². The number of halogens is 3. The molecule has 0 atom stereocenters. The van der Waals surface area contributed by atoms with Crippen LogP contribution in [0, 0.1) is 0 Å². The molecule has 0 aliphatic carbocycles. The second kappa shape index (κ2) is 5.03.